The van der Waals surface area contributed by atoms with Gasteiger partial charge in [0.1, 0.15) is 5.75 Å². The van der Waals surface area contributed by atoms with Gasteiger partial charge in [0.15, 0.2) is 0 Å². The molecule has 5 heteroatoms. The van der Waals surface area contributed by atoms with Gasteiger partial charge in [0.25, 0.3) is 5.91 Å². The summed E-state index contributed by atoms with van der Waals surface area (Å²) >= 11 is 5.82. The minimum atomic E-state index is -0.304. The molecule has 0 unspecified atom stereocenters. The second kappa shape index (κ2) is 5.84. The van der Waals surface area contributed by atoms with Gasteiger partial charge in [0.2, 0.25) is 0 Å². The number of nitrogens with two attached hydrogens (primary N) is 1. The van der Waals surface area contributed by atoms with Gasteiger partial charge < -0.3 is 15.8 Å². The molecule has 0 saturated carbocycles. The van der Waals surface area contributed by atoms with E-state index in [9.17, 15) is 4.79 Å². The molecule has 4 nitrogen and oxygen atoms in total. The Bertz CT molecular complexity index is 656. The van der Waals surface area contributed by atoms with Crippen molar-refractivity contribution in [3.8, 4) is 5.75 Å². The van der Waals surface area contributed by atoms with Gasteiger partial charge in [-0.1, -0.05) is 17.7 Å². The van der Waals surface area contributed by atoms with Crippen LogP contribution in [0.2, 0.25) is 5.02 Å². The van der Waals surface area contributed by atoms with Crippen LogP contribution in [0.25, 0.3) is 0 Å². The van der Waals surface area contributed by atoms with Crippen LogP contribution in [0.4, 0.5) is 11.4 Å². The van der Waals surface area contributed by atoms with E-state index >= 15 is 0 Å². The lowest BCUT2D eigenvalue weighted by atomic mass is 10.1. The molecule has 3 N–H and O–H groups in total. The summed E-state index contributed by atoms with van der Waals surface area (Å²) < 4.78 is 5.25. The zero-order chi connectivity index (χ0) is 14.7. The predicted molar refractivity (Wildman–Crippen MR) is 81.5 cm³/mol. The van der Waals surface area contributed by atoms with E-state index in [1.165, 1.54) is 0 Å². The lowest BCUT2D eigenvalue weighted by molar-refractivity contribution is 0.102. The van der Waals surface area contributed by atoms with Crippen LogP contribution >= 0.6 is 11.6 Å². The topological polar surface area (TPSA) is 64.3 Å². The maximum atomic E-state index is 12.2. The molecular formula is C15H15ClN2O2. The molecule has 2 aromatic rings. The molecule has 0 heterocycles. The van der Waals surface area contributed by atoms with Crippen LogP contribution in [0.1, 0.15) is 15.9 Å². The van der Waals surface area contributed by atoms with Gasteiger partial charge in [-0.3, -0.25) is 4.79 Å². The third-order valence-corrected chi connectivity index (χ3v) is 3.10. The summed E-state index contributed by atoms with van der Waals surface area (Å²) in [5.74, 6) is 0.298. The summed E-state index contributed by atoms with van der Waals surface area (Å²) in [5.41, 5.74) is 8.14. The molecule has 20 heavy (non-hydrogen) atoms. The molecular weight excluding hydrogens is 276 g/mol. The van der Waals surface area contributed by atoms with Crippen LogP contribution in [0.15, 0.2) is 36.4 Å². The summed E-state index contributed by atoms with van der Waals surface area (Å²) in [6.07, 6.45) is 0. The zero-order valence-electron chi connectivity index (χ0n) is 11.2. The zero-order valence-corrected chi connectivity index (χ0v) is 12.0. The fourth-order valence-corrected chi connectivity index (χ4v) is 2.01. The molecule has 104 valence electrons. The number of ether oxygens (including phenoxy) is 1. The predicted octanol–water partition coefficient (Wildman–Crippen LogP) is 3.49. The average molecular weight is 291 g/mol. The van der Waals surface area contributed by atoms with Crippen molar-refractivity contribution in [3.05, 3.63) is 52.5 Å². The Kier molecular flexibility index (Phi) is 4.15. The van der Waals surface area contributed by atoms with Crippen molar-refractivity contribution < 1.29 is 9.53 Å². The summed E-state index contributed by atoms with van der Waals surface area (Å²) in [4.78, 5) is 12.2. The Morgan fingerprint density at radius 2 is 2.00 bits per heavy atom. The van der Waals surface area contributed by atoms with E-state index in [-0.39, 0.29) is 5.91 Å². The van der Waals surface area contributed by atoms with Crippen LogP contribution in [-0.4, -0.2) is 13.0 Å². The number of methoxy groups -OCH3 is 1. The third kappa shape index (κ3) is 3.03. The molecule has 2 rings (SSSR count). The number of benzene rings is 2. The molecule has 2 aromatic carbocycles. The second-order valence-corrected chi connectivity index (χ2v) is 4.83. The number of nitrogens with one attached hydrogen (secondary N) is 1. The Labute approximate surface area is 122 Å². The highest BCUT2D eigenvalue weighted by molar-refractivity contribution is 6.31. The minimum absolute atomic E-state index is 0.304. The molecule has 0 aromatic heterocycles. The van der Waals surface area contributed by atoms with Crippen molar-refractivity contribution in [3.63, 3.8) is 0 Å². The first-order chi connectivity index (χ1) is 9.51. The van der Waals surface area contributed by atoms with Crippen molar-refractivity contribution in [2.75, 3.05) is 18.2 Å². The molecule has 0 atom stereocenters. The van der Waals surface area contributed by atoms with Gasteiger partial charge in [-0.15, -0.1) is 0 Å². The highest BCUT2D eigenvalue weighted by atomic mass is 35.5. The fourth-order valence-electron chi connectivity index (χ4n) is 1.83. The first-order valence-electron chi connectivity index (χ1n) is 6.02. The number of carbonyl (C=O) groups excluding carboxylic acids is 1. The first-order valence-corrected chi connectivity index (χ1v) is 6.40. The van der Waals surface area contributed by atoms with Crippen molar-refractivity contribution in [2.24, 2.45) is 0 Å². The molecule has 0 aliphatic carbocycles. The van der Waals surface area contributed by atoms with Gasteiger partial charge in [-0.05, 0) is 42.8 Å². The highest BCUT2D eigenvalue weighted by Crippen LogP contribution is 2.27. The molecule has 0 spiro atoms. The fraction of sp³-hybridized carbons (Fsp3) is 0.133. The second-order valence-electron chi connectivity index (χ2n) is 4.39. The number of halogens is 1. The normalized spacial score (nSPS) is 10.2. The molecule has 0 radical (unpaired) electrons. The molecule has 0 bridgehead atoms. The Balaban J connectivity index is 2.28. The van der Waals surface area contributed by atoms with E-state index in [1.54, 1.807) is 31.4 Å². The van der Waals surface area contributed by atoms with Crippen molar-refractivity contribution in [1.29, 1.82) is 0 Å². The number of carbonyl (C=O) groups is 1. The van der Waals surface area contributed by atoms with Gasteiger partial charge in [-0.25, -0.2) is 0 Å². The largest absolute Gasteiger partial charge is 0.495 e. The number of anilines is 2. The Morgan fingerprint density at radius 3 is 2.65 bits per heavy atom. The maximum absolute atomic E-state index is 12.2. The van der Waals surface area contributed by atoms with Crippen molar-refractivity contribution in [1.82, 2.24) is 0 Å². The van der Waals surface area contributed by atoms with E-state index in [0.29, 0.717) is 27.7 Å². The molecule has 0 fully saturated rings. The Morgan fingerprint density at radius 1 is 1.25 bits per heavy atom. The summed E-state index contributed by atoms with van der Waals surface area (Å²) in [5, 5.41) is 3.27. The van der Waals surface area contributed by atoms with Gasteiger partial charge in [0, 0.05) is 10.7 Å². The van der Waals surface area contributed by atoms with E-state index in [2.05, 4.69) is 5.32 Å². The number of nitrogen functional groups attached to an aromatic ring is 1. The van der Waals surface area contributed by atoms with Crippen molar-refractivity contribution in [2.45, 2.75) is 6.92 Å². The van der Waals surface area contributed by atoms with E-state index < -0.39 is 0 Å². The molecule has 0 saturated heterocycles. The van der Waals surface area contributed by atoms with Gasteiger partial charge in [-0.2, -0.15) is 0 Å². The highest BCUT2D eigenvalue weighted by Gasteiger charge is 2.12. The maximum Gasteiger partial charge on any atom is 0.257 e. The number of hydrogen-bond acceptors (Lipinski definition) is 3. The lowest BCUT2D eigenvalue weighted by Gasteiger charge is -2.12. The monoisotopic (exact) mass is 290 g/mol. The quantitative estimate of drug-likeness (QED) is 0.851. The number of hydrogen-bond donors (Lipinski definition) is 2. The Hall–Kier alpha value is -2.20. The smallest absolute Gasteiger partial charge is 0.257 e. The van der Waals surface area contributed by atoms with Crippen LogP contribution in [-0.2, 0) is 0 Å². The molecule has 0 aliphatic heterocycles. The minimum Gasteiger partial charge on any atom is -0.495 e. The van der Waals surface area contributed by atoms with E-state index in [0.717, 1.165) is 5.56 Å². The lowest BCUT2D eigenvalue weighted by Crippen LogP contribution is -2.14. The van der Waals surface area contributed by atoms with Crippen LogP contribution in [0, 0.1) is 6.92 Å². The number of aryl methyl sites for hydroxylation is 1. The average Bonchev–Trinajstić information content (AvgIpc) is 2.40. The van der Waals surface area contributed by atoms with Crippen LogP contribution < -0.4 is 15.8 Å². The molecule has 1 amide bonds. The van der Waals surface area contributed by atoms with Gasteiger partial charge >= 0.3 is 0 Å². The van der Waals surface area contributed by atoms with Crippen LogP contribution in [0.3, 0.4) is 0 Å². The number of rotatable bonds is 3. The summed E-state index contributed by atoms with van der Waals surface area (Å²) in [6.45, 7) is 1.95. The van der Waals surface area contributed by atoms with E-state index in [1.807, 2.05) is 19.1 Å². The standard InChI is InChI=1S/C15H15ClN2O2/c1-9-3-6-13(14(7-9)20-2)18-15(19)11-5-4-10(16)8-12(11)17/h3-8H,17H2,1-2H3,(H,18,19). The third-order valence-electron chi connectivity index (χ3n) is 2.86. The van der Waals surface area contributed by atoms with Gasteiger partial charge in [0.05, 0.1) is 18.4 Å². The van der Waals surface area contributed by atoms with Crippen LogP contribution in [0.5, 0.6) is 5.75 Å². The SMILES string of the molecule is COc1cc(C)ccc1NC(=O)c1ccc(Cl)cc1N. The molecule has 0 aliphatic rings. The number of amides is 1. The summed E-state index contributed by atoms with van der Waals surface area (Å²) in [6, 6.07) is 10.3. The van der Waals surface area contributed by atoms with Crippen molar-refractivity contribution >= 4 is 28.9 Å². The first kappa shape index (κ1) is 14.2. The van der Waals surface area contributed by atoms with E-state index in [4.69, 9.17) is 22.1 Å². The summed E-state index contributed by atoms with van der Waals surface area (Å²) in [7, 11) is 1.56.